The summed E-state index contributed by atoms with van der Waals surface area (Å²) in [6.07, 6.45) is -8.23. The van der Waals surface area contributed by atoms with Crippen LogP contribution in [0.4, 0.5) is 17.6 Å². The molecule has 0 aliphatic carbocycles. The Bertz CT molecular complexity index is 1280. The van der Waals surface area contributed by atoms with Crippen LogP contribution in [0.5, 0.6) is 5.75 Å². The number of ether oxygens (including phenoxy) is 3. The molecule has 2 heterocycles. The minimum Gasteiger partial charge on any atom is -0.495 e. The number of methoxy groups -OCH3 is 1. The van der Waals surface area contributed by atoms with Crippen LogP contribution in [0.1, 0.15) is 48.3 Å². The third-order valence-corrected chi connectivity index (χ3v) is 5.90. The molecule has 4 rings (SSSR count). The summed E-state index contributed by atoms with van der Waals surface area (Å²) >= 11 is 12.6. The smallest absolute Gasteiger partial charge is 0.452 e. The van der Waals surface area contributed by atoms with Crippen LogP contribution in [-0.2, 0) is 20.4 Å². The predicted octanol–water partition coefficient (Wildman–Crippen LogP) is 5.85. The minimum absolute atomic E-state index is 0.0294. The first-order chi connectivity index (χ1) is 16.6. The van der Waals surface area contributed by atoms with Crippen LogP contribution < -0.4 is 4.74 Å². The van der Waals surface area contributed by atoms with E-state index in [1.54, 1.807) is 6.92 Å². The Morgan fingerprint density at radius 3 is 2.60 bits per heavy atom. The number of rotatable bonds is 5. The van der Waals surface area contributed by atoms with Crippen LogP contribution in [0.2, 0.25) is 10.0 Å². The molecule has 1 aliphatic heterocycles. The van der Waals surface area contributed by atoms with Gasteiger partial charge in [0.05, 0.1) is 30.8 Å². The Morgan fingerprint density at radius 1 is 1.20 bits per heavy atom. The molecule has 35 heavy (non-hydrogen) atoms. The van der Waals surface area contributed by atoms with E-state index in [1.807, 2.05) is 0 Å². The highest BCUT2D eigenvalue weighted by Gasteiger charge is 2.44. The third kappa shape index (κ3) is 4.67. The van der Waals surface area contributed by atoms with Crippen molar-refractivity contribution in [1.29, 1.82) is 0 Å². The van der Waals surface area contributed by atoms with Crippen LogP contribution in [0.25, 0.3) is 5.69 Å². The molecule has 2 atom stereocenters. The summed E-state index contributed by atoms with van der Waals surface area (Å²) in [5.74, 6) is -3.14. The number of aromatic nitrogens is 3. The summed E-state index contributed by atoms with van der Waals surface area (Å²) in [5, 5.41) is 6.96. The highest BCUT2D eigenvalue weighted by molar-refractivity contribution is 6.33. The summed E-state index contributed by atoms with van der Waals surface area (Å²) in [7, 11) is 1.32. The first-order valence-electron chi connectivity index (χ1n) is 10.2. The molecule has 0 unspecified atom stereocenters. The van der Waals surface area contributed by atoms with Gasteiger partial charge in [-0.15, -0.1) is 10.2 Å². The van der Waals surface area contributed by atoms with Crippen molar-refractivity contribution in [1.82, 2.24) is 14.8 Å². The van der Waals surface area contributed by atoms with Crippen LogP contribution in [0.3, 0.4) is 0 Å². The molecule has 1 aromatic heterocycles. The Kier molecular flexibility index (Phi) is 6.94. The van der Waals surface area contributed by atoms with Gasteiger partial charge in [-0.2, -0.15) is 13.2 Å². The monoisotopic (exact) mass is 533 g/mol. The summed E-state index contributed by atoms with van der Waals surface area (Å²) in [6, 6.07) is 6.36. The highest BCUT2D eigenvalue weighted by Crippen LogP contribution is 2.47. The number of fused-ring (bicyclic) bond motifs is 3. The summed E-state index contributed by atoms with van der Waals surface area (Å²) in [4.78, 5) is 12.3. The summed E-state index contributed by atoms with van der Waals surface area (Å²) in [6.45, 7) is 1.60. The molecule has 0 bridgehead atoms. The molecule has 0 spiro atoms. The summed E-state index contributed by atoms with van der Waals surface area (Å²) in [5.41, 5.74) is -0.239. The first-order valence-corrected chi connectivity index (χ1v) is 11.0. The van der Waals surface area contributed by atoms with Gasteiger partial charge in [0.25, 0.3) is 0 Å². The first kappa shape index (κ1) is 25.2. The van der Waals surface area contributed by atoms with Crippen molar-refractivity contribution in [3.63, 3.8) is 0 Å². The second-order valence-electron chi connectivity index (χ2n) is 7.41. The van der Waals surface area contributed by atoms with Crippen molar-refractivity contribution in [3.05, 3.63) is 69.0 Å². The van der Waals surface area contributed by atoms with Crippen molar-refractivity contribution < 1.29 is 36.6 Å². The zero-order valence-corrected chi connectivity index (χ0v) is 19.7. The number of hydrogen-bond acceptors (Lipinski definition) is 6. The molecule has 13 heteroatoms. The number of hydrogen-bond donors (Lipinski definition) is 0. The Morgan fingerprint density at radius 2 is 1.94 bits per heavy atom. The number of benzene rings is 2. The average Bonchev–Trinajstić information content (AvgIpc) is 3.19. The number of carbonyl (C=O) groups is 1. The van der Waals surface area contributed by atoms with Gasteiger partial charge in [-0.3, -0.25) is 9.36 Å². The molecule has 7 nitrogen and oxygen atoms in total. The van der Waals surface area contributed by atoms with E-state index in [-0.39, 0.29) is 45.0 Å². The molecule has 0 fully saturated rings. The van der Waals surface area contributed by atoms with E-state index in [0.717, 1.165) is 10.6 Å². The highest BCUT2D eigenvalue weighted by atomic mass is 35.5. The predicted molar refractivity (Wildman–Crippen MR) is 116 cm³/mol. The van der Waals surface area contributed by atoms with E-state index < -0.39 is 42.4 Å². The Hall–Kier alpha value is -2.89. The molecule has 0 amide bonds. The van der Waals surface area contributed by atoms with Gasteiger partial charge < -0.3 is 14.2 Å². The lowest BCUT2D eigenvalue weighted by atomic mass is 9.98. The molecule has 3 aromatic rings. The lowest BCUT2D eigenvalue weighted by Gasteiger charge is -2.24. The molecule has 0 radical (unpaired) electrons. The lowest BCUT2D eigenvalue weighted by Crippen LogP contribution is -2.18. The fourth-order valence-corrected chi connectivity index (χ4v) is 4.35. The van der Waals surface area contributed by atoms with Crippen molar-refractivity contribution >= 4 is 29.2 Å². The molecular weight excluding hydrogens is 517 g/mol. The van der Waals surface area contributed by atoms with Crippen molar-refractivity contribution in [2.75, 3.05) is 13.7 Å². The number of alkyl halides is 3. The van der Waals surface area contributed by atoms with Crippen molar-refractivity contribution in [2.24, 2.45) is 0 Å². The third-order valence-electron chi connectivity index (χ3n) is 5.27. The second kappa shape index (κ2) is 9.63. The number of nitrogens with zero attached hydrogens (tertiary/aromatic N) is 3. The zero-order chi connectivity index (χ0) is 25.5. The SMILES string of the molecule is CCOC(=O)C[C@H]1O[C@H](c2c(F)ccc(OC)c2Cl)c2cc(Cl)ccc2-n2c1nnc2C(F)(F)F. The van der Waals surface area contributed by atoms with Gasteiger partial charge in [0.1, 0.15) is 23.8 Å². The van der Waals surface area contributed by atoms with E-state index >= 15 is 4.39 Å². The fourth-order valence-electron chi connectivity index (χ4n) is 3.84. The van der Waals surface area contributed by atoms with E-state index in [1.165, 1.54) is 31.4 Å². The van der Waals surface area contributed by atoms with Crippen molar-refractivity contribution in [2.45, 2.75) is 31.7 Å². The maximum atomic E-state index is 15.2. The van der Waals surface area contributed by atoms with Gasteiger partial charge in [0.15, 0.2) is 5.82 Å². The Balaban J connectivity index is 2.02. The van der Waals surface area contributed by atoms with Gasteiger partial charge in [-0.05, 0) is 37.3 Å². The quantitative estimate of drug-likeness (QED) is 0.302. The largest absolute Gasteiger partial charge is 0.495 e. The molecule has 0 saturated heterocycles. The normalized spacial score (nSPS) is 17.4. The van der Waals surface area contributed by atoms with Gasteiger partial charge in [-0.1, -0.05) is 23.2 Å². The second-order valence-corrected chi connectivity index (χ2v) is 8.22. The van der Waals surface area contributed by atoms with Gasteiger partial charge >= 0.3 is 12.1 Å². The van der Waals surface area contributed by atoms with Crippen LogP contribution in [0, 0.1) is 5.82 Å². The minimum atomic E-state index is -4.91. The van der Waals surface area contributed by atoms with E-state index in [4.69, 9.17) is 37.4 Å². The van der Waals surface area contributed by atoms with Gasteiger partial charge in [0.2, 0.25) is 5.82 Å². The molecule has 2 aromatic carbocycles. The maximum Gasteiger partial charge on any atom is 0.452 e. The molecule has 1 aliphatic rings. The van der Waals surface area contributed by atoms with Crippen LogP contribution in [-0.4, -0.2) is 34.5 Å². The summed E-state index contributed by atoms with van der Waals surface area (Å²) < 4.78 is 73.8. The van der Waals surface area contributed by atoms with Gasteiger partial charge in [-0.25, -0.2) is 4.39 Å². The van der Waals surface area contributed by atoms with Crippen molar-refractivity contribution in [3.8, 4) is 11.4 Å². The van der Waals surface area contributed by atoms with E-state index in [0.29, 0.717) is 0 Å². The van der Waals surface area contributed by atoms with Gasteiger partial charge in [0, 0.05) is 16.1 Å². The molecule has 186 valence electrons. The topological polar surface area (TPSA) is 75.5 Å². The molecule has 0 N–H and O–H groups in total. The fraction of sp³-hybridized carbons (Fsp3) is 0.318. The number of halogens is 6. The average molecular weight is 534 g/mol. The zero-order valence-electron chi connectivity index (χ0n) is 18.2. The van der Waals surface area contributed by atoms with E-state index in [9.17, 15) is 18.0 Å². The maximum absolute atomic E-state index is 15.2. The van der Waals surface area contributed by atoms with E-state index in [2.05, 4.69) is 10.2 Å². The molecule has 0 saturated carbocycles. The Labute approximate surface area is 206 Å². The van der Waals surface area contributed by atoms with Crippen LogP contribution >= 0.6 is 23.2 Å². The number of esters is 1. The molecular formula is C22H17Cl2F4N3O4. The van der Waals surface area contributed by atoms with Crippen LogP contribution in [0.15, 0.2) is 30.3 Å². The lowest BCUT2D eigenvalue weighted by molar-refractivity contribution is -0.147. The number of carbonyl (C=O) groups excluding carboxylic acids is 1. The standard InChI is InChI=1S/C22H17Cl2F4N3O4/c1-3-34-16(32)9-15-20-29-30-21(22(26,27)28)31(20)13-6-4-10(23)8-11(13)19(35-15)17-12(25)5-7-14(33-2)18(17)24/h4-8,15,19H,3,9H2,1-2H3/t15-,19+/m1/s1.